The van der Waals surface area contributed by atoms with Crippen LogP contribution in [0.25, 0.3) is 0 Å². The molecular weight excluding hydrogens is 386 g/mol. The van der Waals surface area contributed by atoms with Crippen LogP contribution in [0.1, 0.15) is 33.1 Å². The number of hydrogen-bond donors (Lipinski definition) is 1. The van der Waals surface area contributed by atoms with E-state index in [1.807, 2.05) is 49.3 Å². The summed E-state index contributed by atoms with van der Waals surface area (Å²) in [5.41, 5.74) is 0.878. The molecule has 2 atom stereocenters. The molecule has 0 spiro atoms. The third kappa shape index (κ3) is 6.20. The third-order valence-electron chi connectivity index (χ3n) is 5.70. The van der Waals surface area contributed by atoms with Gasteiger partial charge in [-0.1, -0.05) is 12.1 Å². The van der Waals surface area contributed by atoms with Gasteiger partial charge in [0.1, 0.15) is 0 Å². The van der Waals surface area contributed by atoms with Gasteiger partial charge in [-0.3, -0.25) is 9.59 Å². The number of carbonyl (C=O) groups is 2. The first kappa shape index (κ1) is 22.1. The molecule has 160 valence electrons. The Morgan fingerprint density at radius 1 is 1.14 bits per heavy atom. The topological polar surface area (TPSA) is 61.9 Å². The average Bonchev–Trinajstić information content (AvgIpc) is 2.72. The van der Waals surface area contributed by atoms with Crippen LogP contribution in [0.15, 0.2) is 29.2 Å². The number of anilines is 1. The van der Waals surface area contributed by atoms with Crippen molar-refractivity contribution in [3.63, 3.8) is 0 Å². The number of likely N-dealkylation sites (tertiary alicyclic amines) is 1. The molecule has 0 bridgehead atoms. The molecule has 2 fully saturated rings. The lowest BCUT2D eigenvalue weighted by Crippen LogP contribution is -2.51. The highest BCUT2D eigenvalue weighted by Gasteiger charge is 2.32. The largest absolute Gasteiger partial charge is 0.372 e. The molecule has 29 heavy (non-hydrogen) atoms. The molecule has 2 heterocycles. The number of hydrogen-bond acceptors (Lipinski definition) is 5. The average molecular weight is 420 g/mol. The number of morpholine rings is 1. The first-order chi connectivity index (χ1) is 14.0. The van der Waals surface area contributed by atoms with E-state index < -0.39 is 0 Å². The van der Waals surface area contributed by atoms with Gasteiger partial charge in [-0.2, -0.15) is 0 Å². The van der Waals surface area contributed by atoms with Gasteiger partial charge in [0.05, 0.1) is 17.9 Å². The minimum Gasteiger partial charge on any atom is -0.372 e. The second-order valence-corrected chi connectivity index (χ2v) is 8.96. The summed E-state index contributed by atoms with van der Waals surface area (Å²) >= 11 is 1.63. The first-order valence-corrected chi connectivity index (χ1v) is 11.8. The highest BCUT2D eigenvalue weighted by Crippen LogP contribution is 2.25. The van der Waals surface area contributed by atoms with Crippen LogP contribution in [0.4, 0.5) is 5.69 Å². The molecule has 2 aliphatic rings. The smallest absolute Gasteiger partial charge is 0.225 e. The molecule has 2 saturated heterocycles. The number of amides is 2. The van der Waals surface area contributed by atoms with Crippen LogP contribution in [-0.4, -0.2) is 72.8 Å². The van der Waals surface area contributed by atoms with E-state index in [-0.39, 0.29) is 29.9 Å². The van der Waals surface area contributed by atoms with E-state index in [0.717, 1.165) is 43.1 Å². The number of para-hydroxylation sites is 1. The van der Waals surface area contributed by atoms with E-state index in [2.05, 4.69) is 10.2 Å². The summed E-state index contributed by atoms with van der Waals surface area (Å²) in [6, 6.07) is 7.87. The van der Waals surface area contributed by atoms with Gasteiger partial charge in [0, 0.05) is 36.9 Å². The van der Waals surface area contributed by atoms with E-state index in [0.29, 0.717) is 19.5 Å². The number of carbonyl (C=O) groups excluding carboxylic acids is 2. The number of piperidine rings is 1. The van der Waals surface area contributed by atoms with Gasteiger partial charge in [0.25, 0.3) is 0 Å². The molecule has 3 rings (SSSR count). The third-order valence-corrected chi connectivity index (χ3v) is 6.50. The molecule has 1 aromatic carbocycles. The second kappa shape index (κ2) is 10.5. The quantitative estimate of drug-likeness (QED) is 0.718. The summed E-state index contributed by atoms with van der Waals surface area (Å²) in [4.78, 5) is 30.6. The zero-order valence-electron chi connectivity index (χ0n) is 17.7. The Morgan fingerprint density at radius 2 is 1.79 bits per heavy atom. The predicted octanol–water partition coefficient (Wildman–Crippen LogP) is 3.08. The van der Waals surface area contributed by atoms with Gasteiger partial charge in [-0.05, 0) is 58.2 Å². The molecule has 0 aromatic heterocycles. The van der Waals surface area contributed by atoms with Crippen LogP contribution in [0.5, 0.6) is 0 Å². The fraction of sp³-hybridized carbons (Fsp3) is 0.636. The van der Waals surface area contributed by atoms with E-state index >= 15 is 0 Å². The minimum atomic E-state index is 0.0426. The molecule has 1 aromatic rings. The molecule has 0 radical (unpaired) electrons. The Kier molecular flexibility index (Phi) is 7.98. The highest BCUT2D eigenvalue weighted by molar-refractivity contribution is 7.98. The van der Waals surface area contributed by atoms with Crippen LogP contribution in [0.3, 0.4) is 0 Å². The van der Waals surface area contributed by atoms with Gasteiger partial charge in [-0.15, -0.1) is 11.8 Å². The summed E-state index contributed by atoms with van der Waals surface area (Å²) in [5.74, 6) is 0.421. The molecule has 2 aliphatic heterocycles. The molecule has 2 unspecified atom stereocenters. The Bertz CT molecular complexity index is 696. The first-order valence-electron chi connectivity index (χ1n) is 10.6. The number of nitrogens with zero attached hydrogens (tertiary/aromatic N) is 2. The van der Waals surface area contributed by atoms with Gasteiger partial charge < -0.3 is 19.9 Å². The molecule has 1 N–H and O–H groups in total. The van der Waals surface area contributed by atoms with E-state index in [1.165, 1.54) is 0 Å². The Balaban J connectivity index is 1.40. The van der Waals surface area contributed by atoms with Crippen molar-refractivity contribution >= 4 is 29.3 Å². The fourth-order valence-corrected chi connectivity index (χ4v) is 4.79. The predicted molar refractivity (Wildman–Crippen MR) is 117 cm³/mol. The van der Waals surface area contributed by atoms with Crippen molar-refractivity contribution in [2.45, 2.75) is 50.2 Å². The van der Waals surface area contributed by atoms with Gasteiger partial charge in [0.15, 0.2) is 0 Å². The molecule has 7 heteroatoms. The van der Waals surface area contributed by atoms with E-state index in [1.54, 1.807) is 11.8 Å². The van der Waals surface area contributed by atoms with Crippen LogP contribution in [0.2, 0.25) is 0 Å². The van der Waals surface area contributed by atoms with Crippen molar-refractivity contribution in [1.82, 2.24) is 9.80 Å². The maximum absolute atomic E-state index is 12.9. The lowest BCUT2D eigenvalue weighted by molar-refractivity contribution is -0.149. The van der Waals surface area contributed by atoms with Crippen LogP contribution < -0.4 is 5.32 Å². The van der Waals surface area contributed by atoms with E-state index in [4.69, 9.17) is 4.74 Å². The number of ether oxygens (including phenoxy) is 1. The summed E-state index contributed by atoms with van der Waals surface area (Å²) in [5, 5.41) is 3.02. The number of benzene rings is 1. The molecule has 6 nitrogen and oxygen atoms in total. The minimum absolute atomic E-state index is 0.0426. The lowest BCUT2D eigenvalue weighted by atomic mass is 9.94. The summed E-state index contributed by atoms with van der Waals surface area (Å²) in [6.45, 7) is 7.94. The normalized spacial score (nSPS) is 23.8. The Morgan fingerprint density at radius 3 is 2.45 bits per heavy atom. The van der Waals surface area contributed by atoms with Crippen molar-refractivity contribution < 1.29 is 14.3 Å². The van der Waals surface area contributed by atoms with Crippen molar-refractivity contribution in [2.75, 3.05) is 44.3 Å². The van der Waals surface area contributed by atoms with Crippen molar-refractivity contribution in [1.29, 1.82) is 0 Å². The van der Waals surface area contributed by atoms with Crippen molar-refractivity contribution in [3.05, 3.63) is 24.3 Å². The number of rotatable bonds is 6. The second-order valence-electron chi connectivity index (χ2n) is 8.11. The Hall–Kier alpha value is -1.57. The monoisotopic (exact) mass is 419 g/mol. The van der Waals surface area contributed by atoms with Crippen molar-refractivity contribution in [3.8, 4) is 0 Å². The Labute approximate surface area is 178 Å². The summed E-state index contributed by atoms with van der Waals surface area (Å²) < 4.78 is 5.74. The maximum atomic E-state index is 12.9. The number of nitrogens with one attached hydrogen (secondary N) is 1. The van der Waals surface area contributed by atoms with Gasteiger partial charge in [0.2, 0.25) is 11.8 Å². The summed E-state index contributed by atoms with van der Waals surface area (Å²) in [7, 11) is 0. The van der Waals surface area contributed by atoms with Gasteiger partial charge >= 0.3 is 0 Å². The highest BCUT2D eigenvalue weighted by atomic mass is 32.2. The van der Waals surface area contributed by atoms with Gasteiger partial charge in [-0.25, -0.2) is 0 Å². The fourth-order valence-electron chi connectivity index (χ4n) is 4.24. The molecular formula is C22H33N3O3S. The molecule has 2 amide bonds. The lowest BCUT2D eigenvalue weighted by Gasteiger charge is -2.39. The SMILES string of the molecule is CSc1ccccc1NC(=O)CCN1CCC(C(=O)N2CC(C)OC(C)C2)CC1. The zero-order valence-corrected chi connectivity index (χ0v) is 18.5. The zero-order chi connectivity index (χ0) is 20.8. The standard InChI is InChI=1S/C22H33N3O3S/c1-16-14-25(15-17(2)28-16)22(27)18-8-11-24(12-9-18)13-10-21(26)23-19-6-4-5-7-20(19)29-3/h4-7,16-18H,8-15H2,1-3H3,(H,23,26). The van der Waals surface area contributed by atoms with E-state index in [9.17, 15) is 9.59 Å². The van der Waals surface area contributed by atoms with Crippen LogP contribution in [-0.2, 0) is 14.3 Å². The van der Waals surface area contributed by atoms with Crippen LogP contribution >= 0.6 is 11.8 Å². The van der Waals surface area contributed by atoms with Crippen LogP contribution in [0, 0.1) is 5.92 Å². The molecule has 0 aliphatic carbocycles. The van der Waals surface area contributed by atoms with Crippen molar-refractivity contribution in [2.24, 2.45) is 5.92 Å². The number of thioether (sulfide) groups is 1. The summed E-state index contributed by atoms with van der Waals surface area (Å²) in [6.07, 6.45) is 4.44. The molecule has 0 saturated carbocycles. The maximum Gasteiger partial charge on any atom is 0.225 e.